The standard InChI is InChI=1S/C12H15Br2NOS/c1-2-15-11(8-4-3-5-16-7-8)9-6-10(13)17-12(9)14/h6-7,11,15H,2-5H2,1H3. The molecule has 0 fully saturated rings. The van der Waals surface area contributed by atoms with Crippen LogP contribution in [0.1, 0.15) is 31.4 Å². The average Bonchev–Trinajstić information content (AvgIpc) is 2.66. The highest BCUT2D eigenvalue weighted by Crippen LogP contribution is 2.39. The molecule has 1 aromatic heterocycles. The van der Waals surface area contributed by atoms with Crippen LogP contribution >= 0.6 is 43.2 Å². The maximum atomic E-state index is 5.45. The van der Waals surface area contributed by atoms with E-state index in [-0.39, 0.29) is 6.04 Å². The molecule has 0 saturated heterocycles. The second-order valence-corrected chi connectivity index (χ2v) is 7.69. The zero-order valence-electron chi connectivity index (χ0n) is 9.63. The van der Waals surface area contributed by atoms with Crippen LogP contribution in [0.5, 0.6) is 0 Å². The number of rotatable bonds is 4. The van der Waals surface area contributed by atoms with Gasteiger partial charge in [-0.15, -0.1) is 11.3 Å². The lowest BCUT2D eigenvalue weighted by Crippen LogP contribution is -2.24. The third-order valence-corrected chi connectivity index (χ3v) is 5.12. The Bertz CT molecular complexity index is 417. The van der Waals surface area contributed by atoms with Crippen molar-refractivity contribution < 1.29 is 4.74 Å². The molecule has 1 aliphatic rings. The Morgan fingerprint density at radius 2 is 2.35 bits per heavy atom. The highest BCUT2D eigenvalue weighted by atomic mass is 79.9. The molecule has 1 N–H and O–H groups in total. The minimum Gasteiger partial charge on any atom is -0.501 e. The van der Waals surface area contributed by atoms with Crippen molar-refractivity contribution in [3.05, 3.63) is 31.0 Å². The Balaban J connectivity index is 2.27. The van der Waals surface area contributed by atoms with Crippen LogP contribution in [-0.4, -0.2) is 13.2 Å². The molecular weight excluding hydrogens is 366 g/mol. The van der Waals surface area contributed by atoms with E-state index in [4.69, 9.17) is 4.74 Å². The minimum absolute atomic E-state index is 0.261. The van der Waals surface area contributed by atoms with E-state index in [2.05, 4.69) is 50.2 Å². The minimum atomic E-state index is 0.261. The molecule has 2 heterocycles. The molecule has 94 valence electrons. The van der Waals surface area contributed by atoms with Gasteiger partial charge in [0.15, 0.2) is 0 Å². The van der Waals surface area contributed by atoms with Gasteiger partial charge in [0.25, 0.3) is 0 Å². The monoisotopic (exact) mass is 379 g/mol. The summed E-state index contributed by atoms with van der Waals surface area (Å²) in [6.07, 6.45) is 4.14. The van der Waals surface area contributed by atoms with Crippen molar-refractivity contribution in [2.75, 3.05) is 13.2 Å². The molecular formula is C12H15Br2NOS. The summed E-state index contributed by atoms with van der Waals surface area (Å²) in [6.45, 7) is 3.92. The number of nitrogens with one attached hydrogen (secondary N) is 1. The molecule has 0 bridgehead atoms. The number of ether oxygens (including phenoxy) is 1. The Hall–Kier alpha value is 0.160. The summed E-state index contributed by atoms with van der Waals surface area (Å²) in [7, 11) is 0. The number of halogens is 2. The first-order chi connectivity index (χ1) is 8.22. The van der Waals surface area contributed by atoms with Gasteiger partial charge in [0.2, 0.25) is 0 Å². The Morgan fingerprint density at radius 1 is 1.53 bits per heavy atom. The molecule has 0 aliphatic carbocycles. The quantitative estimate of drug-likeness (QED) is 0.822. The van der Waals surface area contributed by atoms with E-state index in [1.54, 1.807) is 11.3 Å². The van der Waals surface area contributed by atoms with Gasteiger partial charge in [-0.05, 0) is 68.4 Å². The number of likely N-dealkylation sites (N-methyl/N-ethyl adjacent to an activating group) is 1. The third kappa shape index (κ3) is 3.34. The maximum absolute atomic E-state index is 5.45. The van der Waals surface area contributed by atoms with Crippen LogP contribution < -0.4 is 5.32 Å². The maximum Gasteiger partial charge on any atom is 0.0876 e. The van der Waals surface area contributed by atoms with E-state index in [0.717, 1.165) is 29.8 Å². The summed E-state index contributed by atoms with van der Waals surface area (Å²) in [5.74, 6) is 0. The number of hydrogen-bond acceptors (Lipinski definition) is 3. The zero-order valence-corrected chi connectivity index (χ0v) is 13.6. The summed E-state index contributed by atoms with van der Waals surface area (Å²) >= 11 is 8.88. The lowest BCUT2D eigenvalue weighted by Gasteiger charge is -2.23. The molecule has 0 amide bonds. The van der Waals surface area contributed by atoms with Crippen LogP contribution in [-0.2, 0) is 4.74 Å². The summed E-state index contributed by atoms with van der Waals surface area (Å²) in [5, 5.41) is 3.53. The normalized spacial score (nSPS) is 17.5. The molecule has 0 radical (unpaired) electrons. The van der Waals surface area contributed by atoms with Crippen molar-refractivity contribution in [2.24, 2.45) is 0 Å². The van der Waals surface area contributed by atoms with Gasteiger partial charge in [0.1, 0.15) is 0 Å². The second kappa shape index (κ2) is 6.36. The molecule has 2 rings (SSSR count). The fourth-order valence-corrected chi connectivity index (χ4v) is 4.89. The van der Waals surface area contributed by atoms with Crippen molar-refractivity contribution in [1.82, 2.24) is 5.32 Å². The molecule has 1 unspecified atom stereocenters. The molecule has 0 aromatic carbocycles. The van der Waals surface area contributed by atoms with Crippen LogP contribution in [0.15, 0.2) is 25.5 Å². The summed E-state index contributed by atoms with van der Waals surface area (Å²) in [6, 6.07) is 2.44. The first-order valence-corrected chi connectivity index (χ1v) is 8.11. The van der Waals surface area contributed by atoms with Gasteiger partial charge in [-0.25, -0.2) is 0 Å². The van der Waals surface area contributed by atoms with E-state index in [1.807, 2.05) is 6.26 Å². The number of hydrogen-bond donors (Lipinski definition) is 1. The van der Waals surface area contributed by atoms with Gasteiger partial charge in [0, 0.05) is 0 Å². The van der Waals surface area contributed by atoms with Crippen LogP contribution in [0.3, 0.4) is 0 Å². The fraction of sp³-hybridized carbons (Fsp3) is 0.500. The summed E-state index contributed by atoms with van der Waals surface area (Å²) in [4.78, 5) is 0. The molecule has 5 heteroatoms. The van der Waals surface area contributed by atoms with E-state index in [1.165, 1.54) is 14.9 Å². The molecule has 1 aromatic rings. The van der Waals surface area contributed by atoms with Crippen LogP contribution in [0, 0.1) is 0 Å². The van der Waals surface area contributed by atoms with Crippen molar-refractivity contribution in [3.63, 3.8) is 0 Å². The van der Waals surface area contributed by atoms with Gasteiger partial charge in [-0.3, -0.25) is 0 Å². The van der Waals surface area contributed by atoms with Gasteiger partial charge >= 0.3 is 0 Å². The predicted molar refractivity (Wildman–Crippen MR) is 79.4 cm³/mol. The van der Waals surface area contributed by atoms with Crippen molar-refractivity contribution in [2.45, 2.75) is 25.8 Å². The van der Waals surface area contributed by atoms with E-state index < -0.39 is 0 Å². The van der Waals surface area contributed by atoms with Crippen molar-refractivity contribution in [3.8, 4) is 0 Å². The summed E-state index contributed by atoms with van der Waals surface area (Å²) in [5.41, 5.74) is 2.63. The molecule has 0 spiro atoms. The highest BCUT2D eigenvalue weighted by molar-refractivity contribution is 9.12. The summed E-state index contributed by atoms with van der Waals surface area (Å²) < 4.78 is 7.79. The lowest BCUT2D eigenvalue weighted by molar-refractivity contribution is 0.219. The SMILES string of the molecule is CCNC(C1=COCCC1)c1cc(Br)sc1Br. The second-order valence-electron chi connectivity index (χ2n) is 3.94. The fourth-order valence-electron chi connectivity index (χ4n) is 1.99. The number of thiophene rings is 1. The van der Waals surface area contributed by atoms with Crippen molar-refractivity contribution in [1.29, 1.82) is 0 Å². The van der Waals surface area contributed by atoms with Crippen LogP contribution in [0.2, 0.25) is 0 Å². The van der Waals surface area contributed by atoms with Gasteiger partial charge in [-0.2, -0.15) is 0 Å². The third-order valence-electron chi connectivity index (χ3n) is 2.74. The molecule has 1 aliphatic heterocycles. The van der Waals surface area contributed by atoms with Crippen LogP contribution in [0.4, 0.5) is 0 Å². The Labute approximate surface area is 123 Å². The van der Waals surface area contributed by atoms with E-state index in [0.29, 0.717) is 0 Å². The smallest absolute Gasteiger partial charge is 0.0876 e. The first-order valence-electron chi connectivity index (χ1n) is 5.71. The van der Waals surface area contributed by atoms with E-state index >= 15 is 0 Å². The molecule has 2 nitrogen and oxygen atoms in total. The van der Waals surface area contributed by atoms with Gasteiger partial charge in [0.05, 0.1) is 26.5 Å². The zero-order chi connectivity index (χ0) is 12.3. The lowest BCUT2D eigenvalue weighted by atomic mass is 9.97. The molecule has 0 saturated carbocycles. The Kier molecular flexibility index (Phi) is 5.09. The van der Waals surface area contributed by atoms with Crippen LogP contribution in [0.25, 0.3) is 0 Å². The Morgan fingerprint density at radius 3 is 2.88 bits per heavy atom. The first kappa shape index (κ1) is 13.6. The highest BCUT2D eigenvalue weighted by Gasteiger charge is 2.22. The van der Waals surface area contributed by atoms with Gasteiger partial charge < -0.3 is 10.1 Å². The average molecular weight is 381 g/mol. The van der Waals surface area contributed by atoms with Crippen molar-refractivity contribution >= 4 is 43.2 Å². The van der Waals surface area contributed by atoms with Gasteiger partial charge in [-0.1, -0.05) is 6.92 Å². The largest absolute Gasteiger partial charge is 0.501 e. The predicted octanol–water partition coefficient (Wildman–Crippen LogP) is 4.62. The molecule has 1 atom stereocenters. The van der Waals surface area contributed by atoms with E-state index in [9.17, 15) is 0 Å². The molecule has 17 heavy (non-hydrogen) atoms. The topological polar surface area (TPSA) is 21.3 Å².